The summed E-state index contributed by atoms with van der Waals surface area (Å²) in [5, 5.41) is 0. The van der Waals surface area contributed by atoms with E-state index in [2.05, 4.69) is 0 Å². The molecule has 0 spiro atoms. The summed E-state index contributed by atoms with van der Waals surface area (Å²) in [7, 11) is 3.15. The molecular weight excluding hydrogens is 272 g/mol. The van der Waals surface area contributed by atoms with Crippen molar-refractivity contribution in [2.24, 2.45) is 0 Å². The van der Waals surface area contributed by atoms with E-state index in [1.54, 1.807) is 26.4 Å². The Morgan fingerprint density at radius 3 is 2.71 bits per heavy atom. The molecule has 0 bridgehead atoms. The Bertz CT molecular complexity index is 466. The van der Waals surface area contributed by atoms with E-state index < -0.39 is 0 Å². The molecule has 0 amide bonds. The summed E-state index contributed by atoms with van der Waals surface area (Å²) in [5.74, 6) is 1.00. The molecule has 0 aromatic heterocycles. The van der Waals surface area contributed by atoms with Gasteiger partial charge in [-0.3, -0.25) is 4.79 Å². The molecule has 1 aromatic carbocycles. The molecule has 0 N–H and O–H groups in total. The maximum Gasteiger partial charge on any atom is 0.310 e. The fraction of sp³-hybridized carbons (Fsp3) is 0.562. The quantitative estimate of drug-likeness (QED) is 0.754. The van der Waals surface area contributed by atoms with Gasteiger partial charge in [-0.2, -0.15) is 0 Å². The Kier molecular flexibility index (Phi) is 5.87. The van der Waals surface area contributed by atoms with Crippen LogP contribution in [0.1, 0.15) is 24.8 Å². The van der Waals surface area contributed by atoms with Gasteiger partial charge in [-0.25, -0.2) is 0 Å². The van der Waals surface area contributed by atoms with Gasteiger partial charge in [0.05, 0.1) is 26.7 Å². The zero-order valence-corrected chi connectivity index (χ0v) is 12.6. The molecule has 0 saturated carbocycles. The molecule has 1 atom stereocenters. The van der Waals surface area contributed by atoms with Gasteiger partial charge in [-0.05, 0) is 37.0 Å². The number of rotatable bonds is 6. The van der Waals surface area contributed by atoms with Crippen molar-refractivity contribution in [3.63, 3.8) is 0 Å². The highest BCUT2D eigenvalue weighted by molar-refractivity contribution is 5.73. The van der Waals surface area contributed by atoms with Gasteiger partial charge in [0, 0.05) is 6.61 Å². The van der Waals surface area contributed by atoms with E-state index in [9.17, 15) is 4.79 Å². The maximum atomic E-state index is 11.9. The van der Waals surface area contributed by atoms with Crippen LogP contribution in [0.2, 0.25) is 0 Å². The van der Waals surface area contributed by atoms with Gasteiger partial charge in [0.25, 0.3) is 0 Å². The van der Waals surface area contributed by atoms with Crippen molar-refractivity contribution >= 4 is 5.97 Å². The highest BCUT2D eigenvalue weighted by atomic mass is 16.6. The summed E-state index contributed by atoms with van der Waals surface area (Å²) in [6.45, 7) is 1.10. The van der Waals surface area contributed by atoms with Crippen molar-refractivity contribution in [2.75, 3.05) is 27.4 Å². The molecule has 1 fully saturated rings. The molecule has 116 valence electrons. The van der Waals surface area contributed by atoms with E-state index in [-0.39, 0.29) is 18.5 Å². The minimum atomic E-state index is -0.253. The number of benzene rings is 1. The monoisotopic (exact) mass is 294 g/mol. The standard InChI is InChI=1S/C16H22O5/c1-18-14-7-6-12(9-15(14)19-2)10-16(17)21-11-13-5-3-4-8-20-13/h6-7,9,13H,3-5,8,10-11H2,1-2H3. The SMILES string of the molecule is COc1ccc(CC(=O)OCC2CCCCO2)cc1OC. The number of ether oxygens (including phenoxy) is 4. The Balaban J connectivity index is 1.84. The maximum absolute atomic E-state index is 11.9. The Hall–Kier alpha value is -1.75. The zero-order chi connectivity index (χ0) is 15.1. The molecule has 21 heavy (non-hydrogen) atoms. The van der Waals surface area contributed by atoms with Crippen molar-refractivity contribution in [3.05, 3.63) is 23.8 Å². The van der Waals surface area contributed by atoms with E-state index in [1.807, 2.05) is 6.07 Å². The lowest BCUT2D eigenvalue weighted by Crippen LogP contribution is -2.26. The van der Waals surface area contributed by atoms with Crippen LogP contribution >= 0.6 is 0 Å². The predicted octanol–water partition coefficient (Wildman–Crippen LogP) is 2.36. The number of esters is 1. The van der Waals surface area contributed by atoms with Crippen LogP contribution in [-0.2, 0) is 20.7 Å². The molecule has 1 saturated heterocycles. The molecule has 1 aromatic rings. The van der Waals surface area contributed by atoms with Crippen LogP contribution in [0, 0.1) is 0 Å². The average molecular weight is 294 g/mol. The third kappa shape index (κ3) is 4.63. The van der Waals surface area contributed by atoms with Crippen molar-refractivity contribution in [3.8, 4) is 11.5 Å². The van der Waals surface area contributed by atoms with Crippen molar-refractivity contribution in [1.82, 2.24) is 0 Å². The van der Waals surface area contributed by atoms with Crippen LogP contribution in [0.4, 0.5) is 0 Å². The summed E-state index contributed by atoms with van der Waals surface area (Å²) < 4.78 is 21.2. The van der Waals surface area contributed by atoms with Gasteiger partial charge >= 0.3 is 5.97 Å². The normalized spacial score (nSPS) is 18.1. The first kappa shape index (κ1) is 15.6. The Labute approximate surface area is 125 Å². The fourth-order valence-corrected chi connectivity index (χ4v) is 2.33. The number of hydrogen-bond acceptors (Lipinski definition) is 5. The molecule has 1 aliphatic rings. The molecule has 0 aliphatic carbocycles. The molecule has 1 aliphatic heterocycles. The van der Waals surface area contributed by atoms with E-state index in [0.717, 1.165) is 31.4 Å². The summed E-state index contributed by atoms with van der Waals surface area (Å²) in [6.07, 6.45) is 3.46. The second-order valence-electron chi connectivity index (χ2n) is 5.04. The van der Waals surface area contributed by atoms with E-state index in [4.69, 9.17) is 18.9 Å². The van der Waals surface area contributed by atoms with Gasteiger partial charge < -0.3 is 18.9 Å². The number of carbonyl (C=O) groups is 1. The summed E-state index contributed by atoms with van der Waals surface area (Å²) in [6, 6.07) is 5.41. The van der Waals surface area contributed by atoms with Crippen LogP contribution in [0.25, 0.3) is 0 Å². The van der Waals surface area contributed by atoms with Crippen molar-refractivity contribution in [1.29, 1.82) is 0 Å². The van der Waals surface area contributed by atoms with Gasteiger partial charge in [0.15, 0.2) is 11.5 Å². The largest absolute Gasteiger partial charge is 0.493 e. The van der Waals surface area contributed by atoms with Gasteiger partial charge in [0.1, 0.15) is 6.61 Å². The highest BCUT2D eigenvalue weighted by Gasteiger charge is 2.16. The minimum Gasteiger partial charge on any atom is -0.493 e. The van der Waals surface area contributed by atoms with Gasteiger partial charge in [-0.1, -0.05) is 6.07 Å². The summed E-state index contributed by atoms with van der Waals surface area (Å²) >= 11 is 0. The van der Waals surface area contributed by atoms with Crippen molar-refractivity contribution in [2.45, 2.75) is 31.8 Å². The number of methoxy groups -OCH3 is 2. The Morgan fingerprint density at radius 2 is 2.05 bits per heavy atom. The third-order valence-electron chi connectivity index (χ3n) is 3.50. The lowest BCUT2D eigenvalue weighted by atomic mass is 10.1. The lowest BCUT2D eigenvalue weighted by Gasteiger charge is -2.22. The summed E-state index contributed by atoms with van der Waals surface area (Å²) in [5.41, 5.74) is 0.835. The smallest absolute Gasteiger partial charge is 0.310 e. The number of hydrogen-bond donors (Lipinski definition) is 0. The molecule has 0 radical (unpaired) electrons. The van der Waals surface area contributed by atoms with Crippen LogP contribution in [-0.4, -0.2) is 39.5 Å². The molecular formula is C16H22O5. The second-order valence-corrected chi connectivity index (χ2v) is 5.04. The number of carbonyl (C=O) groups excluding carboxylic acids is 1. The molecule has 1 unspecified atom stereocenters. The van der Waals surface area contributed by atoms with Crippen LogP contribution < -0.4 is 9.47 Å². The van der Waals surface area contributed by atoms with Crippen molar-refractivity contribution < 1.29 is 23.7 Å². The molecule has 5 nitrogen and oxygen atoms in total. The lowest BCUT2D eigenvalue weighted by molar-refractivity contribution is -0.148. The molecule has 2 rings (SSSR count). The first-order valence-corrected chi connectivity index (χ1v) is 7.21. The second kappa shape index (κ2) is 7.88. The van der Waals surface area contributed by atoms with E-state index >= 15 is 0 Å². The van der Waals surface area contributed by atoms with Crippen LogP contribution in [0.15, 0.2) is 18.2 Å². The summed E-state index contributed by atoms with van der Waals surface area (Å²) in [4.78, 5) is 11.9. The topological polar surface area (TPSA) is 54.0 Å². The minimum absolute atomic E-state index is 0.0492. The molecule has 1 heterocycles. The third-order valence-corrected chi connectivity index (χ3v) is 3.50. The van der Waals surface area contributed by atoms with Crippen LogP contribution in [0.5, 0.6) is 11.5 Å². The van der Waals surface area contributed by atoms with Crippen LogP contribution in [0.3, 0.4) is 0 Å². The van der Waals surface area contributed by atoms with Gasteiger partial charge in [0.2, 0.25) is 0 Å². The highest BCUT2D eigenvalue weighted by Crippen LogP contribution is 2.27. The zero-order valence-electron chi connectivity index (χ0n) is 12.6. The molecule has 5 heteroatoms. The van der Waals surface area contributed by atoms with E-state index in [1.165, 1.54) is 0 Å². The first-order chi connectivity index (χ1) is 10.2. The predicted molar refractivity (Wildman–Crippen MR) is 77.8 cm³/mol. The average Bonchev–Trinajstić information content (AvgIpc) is 2.53. The first-order valence-electron chi connectivity index (χ1n) is 7.21. The van der Waals surface area contributed by atoms with Gasteiger partial charge in [-0.15, -0.1) is 0 Å². The van der Waals surface area contributed by atoms with E-state index in [0.29, 0.717) is 18.1 Å². The Morgan fingerprint density at radius 1 is 1.24 bits per heavy atom. The fourth-order valence-electron chi connectivity index (χ4n) is 2.33.